The molecule has 0 spiro atoms. The average molecular weight is 327 g/mol. The third kappa shape index (κ3) is 3.48. The molecule has 2 aromatic rings. The molecule has 0 amide bonds. The fourth-order valence-electron chi connectivity index (χ4n) is 3.34. The van der Waals surface area contributed by atoms with E-state index in [2.05, 4.69) is 14.9 Å². The molecule has 1 fully saturated rings. The standard InChI is InChI=1S/C18H21N3O3/c1-24-15-5-2-4-14(12-15)16(17(22)23)13-6-10-21(11-7-13)18-19-8-3-9-20-18/h2-5,8-9,12-13,16H,6-7,10-11H2,1H3,(H,22,23). The van der Waals surface area contributed by atoms with Crippen molar-refractivity contribution >= 4 is 11.9 Å². The van der Waals surface area contributed by atoms with Crippen molar-refractivity contribution in [1.82, 2.24) is 9.97 Å². The largest absolute Gasteiger partial charge is 0.497 e. The first kappa shape index (κ1) is 16.2. The van der Waals surface area contributed by atoms with Crippen LogP contribution in [0.4, 0.5) is 5.95 Å². The lowest BCUT2D eigenvalue weighted by molar-refractivity contribution is -0.140. The van der Waals surface area contributed by atoms with Crippen LogP contribution in [0.15, 0.2) is 42.7 Å². The van der Waals surface area contributed by atoms with Gasteiger partial charge in [-0.05, 0) is 42.5 Å². The Balaban J connectivity index is 1.73. The van der Waals surface area contributed by atoms with Crippen LogP contribution in [-0.2, 0) is 4.79 Å². The molecule has 6 heteroatoms. The quantitative estimate of drug-likeness (QED) is 0.909. The van der Waals surface area contributed by atoms with E-state index in [-0.39, 0.29) is 5.92 Å². The van der Waals surface area contributed by atoms with Crippen LogP contribution >= 0.6 is 0 Å². The van der Waals surface area contributed by atoms with E-state index in [0.717, 1.165) is 31.5 Å². The third-order valence-electron chi connectivity index (χ3n) is 4.56. The Kier molecular flexibility index (Phi) is 4.93. The summed E-state index contributed by atoms with van der Waals surface area (Å²) < 4.78 is 5.23. The number of piperidine rings is 1. The summed E-state index contributed by atoms with van der Waals surface area (Å²) in [6, 6.07) is 9.16. The second-order valence-corrected chi connectivity index (χ2v) is 5.97. The molecular weight excluding hydrogens is 306 g/mol. The Morgan fingerprint density at radius 2 is 1.96 bits per heavy atom. The molecule has 1 aromatic carbocycles. The molecular formula is C18H21N3O3. The number of carbonyl (C=O) groups is 1. The molecule has 1 atom stereocenters. The number of nitrogens with zero attached hydrogens (tertiary/aromatic N) is 3. The zero-order valence-electron chi connectivity index (χ0n) is 13.6. The number of ether oxygens (including phenoxy) is 1. The van der Waals surface area contributed by atoms with Crippen LogP contribution in [0.25, 0.3) is 0 Å². The van der Waals surface area contributed by atoms with Crippen LogP contribution in [0.1, 0.15) is 24.3 Å². The van der Waals surface area contributed by atoms with Crippen LogP contribution in [0.5, 0.6) is 5.75 Å². The van der Waals surface area contributed by atoms with Crippen LogP contribution in [0.2, 0.25) is 0 Å². The van der Waals surface area contributed by atoms with Crippen molar-refractivity contribution in [1.29, 1.82) is 0 Å². The zero-order chi connectivity index (χ0) is 16.9. The number of benzene rings is 1. The molecule has 1 aliphatic rings. The number of methoxy groups -OCH3 is 1. The summed E-state index contributed by atoms with van der Waals surface area (Å²) in [7, 11) is 1.59. The fourth-order valence-corrected chi connectivity index (χ4v) is 3.34. The van der Waals surface area contributed by atoms with Crippen LogP contribution in [-0.4, -0.2) is 41.2 Å². The minimum atomic E-state index is -0.780. The molecule has 1 saturated heterocycles. The van der Waals surface area contributed by atoms with Crippen LogP contribution in [0, 0.1) is 5.92 Å². The predicted octanol–water partition coefficient (Wildman–Crippen LogP) is 2.57. The highest BCUT2D eigenvalue weighted by Crippen LogP contribution is 2.35. The van der Waals surface area contributed by atoms with Gasteiger partial charge in [-0.3, -0.25) is 4.79 Å². The molecule has 24 heavy (non-hydrogen) atoms. The lowest BCUT2D eigenvalue weighted by Crippen LogP contribution is -2.38. The maximum absolute atomic E-state index is 11.9. The van der Waals surface area contributed by atoms with Gasteiger partial charge in [-0.15, -0.1) is 0 Å². The van der Waals surface area contributed by atoms with Gasteiger partial charge >= 0.3 is 5.97 Å². The van der Waals surface area contributed by atoms with Crippen molar-refractivity contribution in [2.45, 2.75) is 18.8 Å². The summed E-state index contributed by atoms with van der Waals surface area (Å²) >= 11 is 0. The smallest absolute Gasteiger partial charge is 0.311 e. The van der Waals surface area contributed by atoms with Gasteiger partial charge in [-0.25, -0.2) is 9.97 Å². The Bertz CT molecular complexity index is 685. The number of hydrogen-bond acceptors (Lipinski definition) is 5. The van der Waals surface area contributed by atoms with Gasteiger partial charge in [0.1, 0.15) is 5.75 Å². The van der Waals surface area contributed by atoms with E-state index in [1.54, 1.807) is 25.6 Å². The van der Waals surface area contributed by atoms with Crippen molar-refractivity contribution in [2.24, 2.45) is 5.92 Å². The first-order valence-electron chi connectivity index (χ1n) is 8.07. The molecule has 1 aliphatic heterocycles. The number of rotatable bonds is 5. The number of hydrogen-bond donors (Lipinski definition) is 1. The van der Waals surface area contributed by atoms with E-state index in [1.807, 2.05) is 24.3 Å². The van der Waals surface area contributed by atoms with Gasteiger partial charge < -0.3 is 14.7 Å². The highest BCUT2D eigenvalue weighted by atomic mass is 16.5. The summed E-state index contributed by atoms with van der Waals surface area (Å²) in [5, 5.41) is 9.75. The van der Waals surface area contributed by atoms with E-state index in [9.17, 15) is 9.90 Å². The highest BCUT2D eigenvalue weighted by molar-refractivity contribution is 5.76. The molecule has 1 aromatic heterocycles. The van der Waals surface area contributed by atoms with Gasteiger partial charge in [0.2, 0.25) is 5.95 Å². The lowest BCUT2D eigenvalue weighted by atomic mass is 9.80. The zero-order valence-corrected chi connectivity index (χ0v) is 13.6. The van der Waals surface area contributed by atoms with Crippen LogP contribution in [0.3, 0.4) is 0 Å². The lowest BCUT2D eigenvalue weighted by Gasteiger charge is -2.34. The number of aromatic nitrogens is 2. The Hall–Kier alpha value is -2.63. The molecule has 0 aliphatic carbocycles. The number of anilines is 1. The maximum atomic E-state index is 11.9. The molecule has 3 rings (SSSR count). The normalized spacial score (nSPS) is 16.6. The monoisotopic (exact) mass is 327 g/mol. The average Bonchev–Trinajstić information content (AvgIpc) is 2.63. The van der Waals surface area contributed by atoms with Gasteiger partial charge in [0.25, 0.3) is 0 Å². The predicted molar refractivity (Wildman–Crippen MR) is 90.3 cm³/mol. The van der Waals surface area contributed by atoms with Crippen molar-refractivity contribution in [2.75, 3.05) is 25.1 Å². The third-order valence-corrected chi connectivity index (χ3v) is 4.56. The van der Waals surface area contributed by atoms with E-state index in [0.29, 0.717) is 11.7 Å². The number of carboxylic acids is 1. The Morgan fingerprint density at radius 3 is 2.58 bits per heavy atom. The van der Waals surface area contributed by atoms with E-state index >= 15 is 0 Å². The van der Waals surface area contributed by atoms with Crippen LogP contribution < -0.4 is 9.64 Å². The molecule has 2 heterocycles. The molecule has 0 saturated carbocycles. The number of carboxylic acid groups (broad SMARTS) is 1. The maximum Gasteiger partial charge on any atom is 0.311 e. The highest BCUT2D eigenvalue weighted by Gasteiger charge is 2.33. The molecule has 6 nitrogen and oxygen atoms in total. The first-order valence-corrected chi connectivity index (χ1v) is 8.07. The minimum absolute atomic E-state index is 0.0922. The van der Waals surface area contributed by atoms with Crippen molar-refractivity contribution in [3.8, 4) is 5.75 Å². The topological polar surface area (TPSA) is 75.6 Å². The van der Waals surface area contributed by atoms with Gasteiger partial charge in [-0.2, -0.15) is 0 Å². The van der Waals surface area contributed by atoms with Crippen molar-refractivity contribution in [3.05, 3.63) is 48.3 Å². The minimum Gasteiger partial charge on any atom is -0.497 e. The summed E-state index contributed by atoms with van der Waals surface area (Å²) in [5.74, 6) is 0.198. The van der Waals surface area contributed by atoms with Crippen molar-refractivity contribution < 1.29 is 14.6 Å². The summed E-state index contributed by atoms with van der Waals surface area (Å²) in [5.41, 5.74) is 0.802. The van der Waals surface area contributed by atoms with Crippen molar-refractivity contribution in [3.63, 3.8) is 0 Å². The molecule has 1 N–H and O–H groups in total. The Labute approximate surface area is 141 Å². The fraction of sp³-hybridized carbons (Fsp3) is 0.389. The van der Waals surface area contributed by atoms with Gasteiger partial charge in [0.15, 0.2) is 0 Å². The van der Waals surface area contributed by atoms with Gasteiger partial charge in [0.05, 0.1) is 13.0 Å². The summed E-state index contributed by atoms with van der Waals surface area (Å²) in [6.07, 6.45) is 5.05. The second kappa shape index (κ2) is 7.29. The van der Waals surface area contributed by atoms with E-state index < -0.39 is 11.9 Å². The first-order chi connectivity index (χ1) is 11.7. The van der Waals surface area contributed by atoms with Gasteiger partial charge in [-0.1, -0.05) is 12.1 Å². The molecule has 126 valence electrons. The van der Waals surface area contributed by atoms with Gasteiger partial charge in [0, 0.05) is 25.5 Å². The van der Waals surface area contributed by atoms with E-state index in [4.69, 9.17) is 4.74 Å². The SMILES string of the molecule is COc1cccc(C(C(=O)O)C2CCN(c3ncccn3)CC2)c1. The Morgan fingerprint density at radius 1 is 1.25 bits per heavy atom. The summed E-state index contributed by atoms with van der Waals surface area (Å²) in [4.78, 5) is 22.5. The molecule has 0 bridgehead atoms. The van der Waals surface area contributed by atoms with E-state index in [1.165, 1.54) is 0 Å². The summed E-state index contributed by atoms with van der Waals surface area (Å²) in [6.45, 7) is 1.53. The molecule has 0 radical (unpaired) electrons. The second-order valence-electron chi connectivity index (χ2n) is 5.97. The number of aliphatic carboxylic acids is 1. The molecule has 1 unspecified atom stereocenters.